The van der Waals surface area contributed by atoms with E-state index in [0.29, 0.717) is 5.56 Å². The quantitative estimate of drug-likeness (QED) is 0.610. The highest BCUT2D eigenvalue weighted by Gasteiger charge is 2.16. The molecule has 0 atom stereocenters. The third-order valence-corrected chi connectivity index (χ3v) is 2.71. The molecule has 4 heteroatoms. The van der Waals surface area contributed by atoms with E-state index in [1.165, 1.54) is 11.8 Å². The van der Waals surface area contributed by atoms with Gasteiger partial charge in [-0.15, -0.1) is 11.8 Å². The first-order chi connectivity index (χ1) is 7.90. The summed E-state index contributed by atoms with van der Waals surface area (Å²) >= 11 is 1.37. The van der Waals surface area contributed by atoms with Crippen molar-refractivity contribution in [3.05, 3.63) is 29.8 Å². The van der Waals surface area contributed by atoms with E-state index in [0.717, 1.165) is 4.90 Å². The summed E-state index contributed by atoms with van der Waals surface area (Å²) < 4.78 is 5.19. The van der Waals surface area contributed by atoms with E-state index < -0.39 is 5.60 Å². The molecule has 0 spiro atoms. The summed E-state index contributed by atoms with van der Waals surface area (Å²) in [7, 11) is 0. The van der Waals surface area contributed by atoms with E-state index in [1.807, 2.05) is 26.8 Å². The van der Waals surface area contributed by atoms with Crippen LogP contribution >= 0.6 is 11.8 Å². The Morgan fingerprint density at radius 2 is 2.18 bits per heavy atom. The number of hydrogen-bond donors (Lipinski definition) is 0. The molecular formula is C13H15NO2S. The van der Waals surface area contributed by atoms with Crippen LogP contribution in [0.3, 0.4) is 0 Å². The predicted octanol–water partition coefficient (Wildman–Crippen LogP) is 2.99. The SMILES string of the molecule is CC(C)(C)OC(=O)CSc1cccc(C#N)c1. The fourth-order valence-electron chi connectivity index (χ4n) is 1.17. The molecule has 17 heavy (non-hydrogen) atoms. The number of carbonyl (C=O) groups excluding carboxylic acids is 1. The third-order valence-electron chi connectivity index (χ3n) is 1.74. The first-order valence-corrected chi connectivity index (χ1v) is 6.24. The lowest BCUT2D eigenvalue weighted by Gasteiger charge is -2.19. The van der Waals surface area contributed by atoms with Gasteiger partial charge in [0.15, 0.2) is 0 Å². The summed E-state index contributed by atoms with van der Waals surface area (Å²) in [6.45, 7) is 5.52. The molecule has 0 heterocycles. The summed E-state index contributed by atoms with van der Waals surface area (Å²) in [5, 5.41) is 8.74. The average Bonchev–Trinajstić information content (AvgIpc) is 2.24. The van der Waals surface area contributed by atoms with E-state index in [4.69, 9.17) is 10.00 Å². The minimum absolute atomic E-state index is 0.245. The van der Waals surface area contributed by atoms with Crippen LogP contribution in [0.2, 0.25) is 0 Å². The molecule has 0 amide bonds. The van der Waals surface area contributed by atoms with Crippen molar-refractivity contribution in [2.45, 2.75) is 31.3 Å². The number of benzene rings is 1. The maximum atomic E-state index is 11.5. The molecule has 0 radical (unpaired) electrons. The second kappa shape index (κ2) is 5.74. The molecule has 3 nitrogen and oxygen atoms in total. The van der Waals surface area contributed by atoms with Gasteiger partial charge in [-0.25, -0.2) is 0 Å². The molecule has 0 N–H and O–H groups in total. The summed E-state index contributed by atoms with van der Waals surface area (Å²) in [5.74, 6) is 0.0106. The van der Waals surface area contributed by atoms with Crippen LogP contribution in [0.1, 0.15) is 26.3 Å². The molecule has 0 saturated heterocycles. The highest BCUT2D eigenvalue weighted by molar-refractivity contribution is 8.00. The third kappa shape index (κ3) is 5.41. The zero-order chi connectivity index (χ0) is 12.9. The molecule has 0 aliphatic rings. The molecule has 0 aliphatic carbocycles. The van der Waals surface area contributed by atoms with Gasteiger partial charge in [0.1, 0.15) is 5.60 Å². The van der Waals surface area contributed by atoms with Gasteiger partial charge in [-0.3, -0.25) is 4.79 Å². The molecule has 90 valence electrons. The number of nitrogens with zero attached hydrogens (tertiary/aromatic N) is 1. The van der Waals surface area contributed by atoms with Gasteiger partial charge in [-0.05, 0) is 39.0 Å². The van der Waals surface area contributed by atoms with Gasteiger partial charge in [0, 0.05) is 4.90 Å². The molecule has 1 aromatic rings. The Bertz CT molecular complexity index is 443. The Balaban J connectivity index is 2.51. The van der Waals surface area contributed by atoms with Crippen LogP contribution in [0.15, 0.2) is 29.2 Å². The van der Waals surface area contributed by atoms with Gasteiger partial charge in [0.25, 0.3) is 0 Å². The number of rotatable bonds is 3. The van der Waals surface area contributed by atoms with Gasteiger partial charge in [0.2, 0.25) is 0 Å². The van der Waals surface area contributed by atoms with E-state index in [2.05, 4.69) is 6.07 Å². The van der Waals surface area contributed by atoms with E-state index in [9.17, 15) is 4.79 Å². The maximum Gasteiger partial charge on any atom is 0.316 e. The normalized spacial score (nSPS) is 10.7. The van der Waals surface area contributed by atoms with Gasteiger partial charge in [0.05, 0.1) is 17.4 Å². The topological polar surface area (TPSA) is 50.1 Å². The predicted molar refractivity (Wildman–Crippen MR) is 67.7 cm³/mol. The number of nitriles is 1. The molecule has 0 aliphatic heterocycles. The highest BCUT2D eigenvalue weighted by atomic mass is 32.2. The van der Waals surface area contributed by atoms with Crippen LogP contribution in [0.5, 0.6) is 0 Å². The van der Waals surface area contributed by atoms with E-state index >= 15 is 0 Å². The Hall–Kier alpha value is -1.47. The fourth-order valence-corrected chi connectivity index (χ4v) is 1.90. The van der Waals surface area contributed by atoms with Gasteiger partial charge < -0.3 is 4.74 Å². The number of hydrogen-bond acceptors (Lipinski definition) is 4. The van der Waals surface area contributed by atoms with E-state index in [1.54, 1.807) is 18.2 Å². The molecule has 1 rings (SSSR count). The monoisotopic (exact) mass is 249 g/mol. The standard InChI is InChI=1S/C13H15NO2S/c1-13(2,3)16-12(15)9-17-11-6-4-5-10(7-11)8-14/h4-7H,9H2,1-3H3. The van der Waals surface area contributed by atoms with Crippen molar-refractivity contribution in [1.82, 2.24) is 0 Å². The zero-order valence-electron chi connectivity index (χ0n) is 10.2. The van der Waals surface area contributed by atoms with Crippen LogP contribution in [-0.2, 0) is 9.53 Å². The van der Waals surface area contributed by atoms with Crippen molar-refractivity contribution >= 4 is 17.7 Å². The molecule has 1 aromatic carbocycles. The summed E-state index contributed by atoms with van der Waals surface area (Å²) in [6.07, 6.45) is 0. The second-order valence-corrected chi connectivity index (χ2v) is 5.56. The Morgan fingerprint density at radius 3 is 2.76 bits per heavy atom. The highest BCUT2D eigenvalue weighted by Crippen LogP contribution is 2.20. The van der Waals surface area contributed by atoms with Crippen molar-refractivity contribution in [2.75, 3.05) is 5.75 Å². The number of esters is 1. The van der Waals surface area contributed by atoms with E-state index in [-0.39, 0.29) is 11.7 Å². The van der Waals surface area contributed by atoms with Crippen molar-refractivity contribution in [3.8, 4) is 6.07 Å². The van der Waals surface area contributed by atoms with Crippen LogP contribution in [0.4, 0.5) is 0 Å². The molecule has 0 bridgehead atoms. The zero-order valence-corrected chi connectivity index (χ0v) is 11.0. The van der Waals surface area contributed by atoms with Gasteiger partial charge >= 0.3 is 5.97 Å². The van der Waals surface area contributed by atoms with Crippen molar-refractivity contribution in [2.24, 2.45) is 0 Å². The first-order valence-electron chi connectivity index (χ1n) is 5.25. The Labute approximate surface area is 106 Å². The lowest BCUT2D eigenvalue weighted by Crippen LogP contribution is -2.24. The number of thioether (sulfide) groups is 1. The molecular weight excluding hydrogens is 234 g/mol. The lowest BCUT2D eigenvalue weighted by molar-refractivity contribution is -0.151. The summed E-state index contributed by atoms with van der Waals surface area (Å²) in [6, 6.07) is 9.23. The van der Waals surface area contributed by atoms with Crippen molar-refractivity contribution in [1.29, 1.82) is 5.26 Å². The van der Waals surface area contributed by atoms with Crippen LogP contribution < -0.4 is 0 Å². The van der Waals surface area contributed by atoms with Crippen LogP contribution in [0, 0.1) is 11.3 Å². The van der Waals surface area contributed by atoms with Crippen molar-refractivity contribution < 1.29 is 9.53 Å². The van der Waals surface area contributed by atoms with Crippen LogP contribution in [0.25, 0.3) is 0 Å². The first kappa shape index (κ1) is 13.6. The summed E-state index contributed by atoms with van der Waals surface area (Å²) in [4.78, 5) is 12.4. The molecule has 0 fully saturated rings. The second-order valence-electron chi connectivity index (χ2n) is 4.51. The molecule has 0 unspecified atom stereocenters. The average molecular weight is 249 g/mol. The Kier molecular flexibility index (Phi) is 4.59. The van der Waals surface area contributed by atoms with Gasteiger partial charge in [-0.1, -0.05) is 6.07 Å². The number of ether oxygens (including phenoxy) is 1. The van der Waals surface area contributed by atoms with Crippen molar-refractivity contribution in [3.63, 3.8) is 0 Å². The van der Waals surface area contributed by atoms with Gasteiger partial charge in [-0.2, -0.15) is 5.26 Å². The molecule has 0 aromatic heterocycles. The largest absolute Gasteiger partial charge is 0.459 e. The minimum Gasteiger partial charge on any atom is -0.459 e. The lowest BCUT2D eigenvalue weighted by atomic mass is 10.2. The van der Waals surface area contributed by atoms with Crippen LogP contribution in [-0.4, -0.2) is 17.3 Å². The Morgan fingerprint density at radius 1 is 1.47 bits per heavy atom. The summed E-state index contributed by atoms with van der Waals surface area (Å²) in [5.41, 5.74) is 0.144. The maximum absolute atomic E-state index is 11.5. The fraction of sp³-hybridized carbons (Fsp3) is 0.385. The minimum atomic E-state index is -0.452. The molecule has 0 saturated carbocycles. The smallest absolute Gasteiger partial charge is 0.316 e. The number of carbonyl (C=O) groups is 1.